The molecule has 0 atom stereocenters. The van der Waals surface area contributed by atoms with E-state index in [9.17, 15) is 0 Å². The summed E-state index contributed by atoms with van der Waals surface area (Å²) >= 11 is 0. The lowest BCUT2D eigenvalue weighted by atomic mass is 10.3. The minimum atomic E-state index is 0.728. The molecule has 6 heavy (non-hydrogen) atoms. The van der Waals surface area contributed by atoms with Gasteiger partial charge >= 0.3 is 0 Å². The third-order valence-corrected chi connectivity index (χ3v) is 0.500. The minimum absolute atomic E-state index is 0.728. The van der Waals surface area contributed by atoms with Crippen LogP contribution in [0.15, 0.2) is 12.2 Å². The van der Waals surface area contributed by atoms with Crippen molar-refractivity contribution >= 4 is 0 Å². The van der Waals surface area contributed by atoms with Crippen LogP contribution in [0.1, 0.15) is 12.8 Å². The summed E-state index contributed by atoms with van der Waals surface area (Å²) in [6, 6.07) is 0. The Hall–Kier alpha value is -0.260. The first-order chi connectivity index (χ1) is 2.91. The Morgan fingerprint density at radius 1 is 1.67 bits per heavy atom. The van der Waals surface area contributed by atoms with Crippen LogP contribution in [0.4, 0.5) is 0 Å². The van der Waals surface area contributed by atoms with E-state index >= 15 is 0 Å². The summed E-state index contributed by atoms with van der Waals surface area (Å²) < 4.78 is 0. The predicted octanol–water partition coefficient (Wildman–Crippen LogP) is 1.87. The Balaban J connectivity index is 2.66. The summed E-state index contributed by atoms with van der Waals surface area (Å²) in [5.41, 5.74) is 0. The average Bonchev–Trinajstić information content (AvgIpc) is 1.61. The van der Waals surface area contributed by atoms with Gasteiger partial charge in [0.15, 0.2) is 0 Å². The van der Waals surface area contributed by atoms with E-state index < -0.39 is 0 Å². The van der Waals surface area contributed by atoms with Gasteiger partial charge in [-0.25, -0.2) is 0 Å². The molecule has 0 aliphatic heterocycles. The summed E-state index contributed by atoms with van der Waals surface area (Å²) in [7, 11) is 0. The summed E-state index contributed by atoms with van der Waals surface area (Å²) in [6.45, 7) is 8.62. The second-order valence-corrected chi connectivity index (χ2v) is 1.05. The second kappa shape index (κ2) is 4.74. The second-order valence-electron chi connectivity index (χ2n) is 1.05. The maximum Gasteiger partial charge on any atom is -0.0316 e. The zero-order valence-electron chi connectivity index (χ0n) is 3.85. The maximum absolute atomic E-state index is 5.14. The molecule has 0 saturated carbocycles. The first-order valence-electron chi connectivity index (χ1n) is 2.06. The van der Waals surface area contributed by atoms with Gasteiger partial charge in [0, 0.05) is 0 Å². The molecule has 0 aromatic carbocycles. The maximum atomic E-state index is 5.14. The van der Waals surface area contributed by atoms with Crippen LogP contribution in [0.3, 0.4) is 0 Å². The fourth-order valence-electron chi connectivity index (χ4n) is 0.214. The van der Waals surface area contributed by atoms with E-state index in [2.05, 4.69) is 6.92 Å². The molecule has 0 unspecified atom stereocenters. The van der Waals surface area contributed by atoms with E-state index in [1.807, 2.05) is 6.08 Å². The Morgan fingerprint density at radius 3 is 2.50 bits per heavy atom. The van der Waals surface area contributed by atoms with Crippen LogP contribution in [0, 0.1) is 13.8 Å². The molecule has 0 nitrogen and oxygen atoms in total. The van der Waals surface area contributed by atoms with E-state index in [4.69, 9.17) is 6.92 Å². The highest BCUT2D eigenvalue weighted by Crippen LogP contribution is 1.84. The van der Waals surface area contributed by atoms with E-state index in [1.165, 1.54) is 0 Å². The first kappa shape index (κ1) is 5.74. The number of hydrogen-bond acceptors (Lipinski definition) is 0. The van der Waals surface area contributed by atoms with Crippen molar-refractivity contribution in [3.8, 4) is 0 Å². The van der Waals surface area contributed by atoms with Gasteiger partial charge in [0.1, 0.15) is 0 Å². The predicted molar refractivity (Wildman–Crippen MR) is 28.0 cm³/mol. The summed E-state index contributed by atoms with van der Waals surface area (Å²) in [5, 5.41) is 0. The van der Waals surface area contributed by atoms with Gasteiger partial charge in [0.05, 0.1) is 0 Å². The van der Waals surface area contributed by atoms with E-state index in [-0.39, 0.29) is 0 Å². The Labute approximate surface area is 39.9 Å². The molecule has 0 spiro atoms. The van der Waals surface area contributed by atoms with Crippen LogP contribution in [-0.2, 0) is 0 Å². The van der Waals surface area contributed by atoms with E-state index in [1.54, 1.807) is 6.08 Å². The first-order valence-corrected chi connectivity index (χ1v) is 2.06. The molecule has 33 valence electrons. The highest BCUT2D eigenvalue weighted by molar-refractivity contribution is 4.83. The van der Waals surface area contributed by atoms with Crippen molar-refractivity contribution in [2.24, 2.45) is 0 Å². The molecule has 3 radical (unpaired) electrons. The molecule has 0 N–H and O–H groups in total. The Morgan fingerprint density at radius 2 is 2.33 bits per heavy atom. The van der Waals surface area contributed by atoms with Crippen LogP contribution >= 0.6 is 0 Å². The number of unbranched alkanes of at least 4 members (excludes halogenated alkanes) is 1. The summed E-state index contributed by atoms with van der Waals surface area (Å²) in [6.07, 6.45) is 5.38. The Kier molecular flexibility index (Phi) is 4.53. The van der Waals surface area contributed by atoms with Crippen molar-refractivity contribution in [3.05, 3.63) is 26.0 Å². The van der Waals surface area contributed by atoms with Crippen LogP contribution in [0.5, 0.6) is 0 Å². The zero-order valence-corrected chi connectivity index (χ0v) is 3.85. The molecule has 0 amide bonds. The summed E-state index contributed by atoms with van der Waals surface area (Å²) in [4.78, 5) is 0. The van der Waals surface area contributed by atoms with Crippen LogP contribution in [0.25, 0.3) is 0 Å². The molecule has 0 fully saturated rings. The number of hydrogen-bond donors (Lipinski definition) is 0. The van der Waals surface area contributed by atoms with Gasteiger partial charge in [-0.1, -0.05) is 12.2 Å². The van der Waals surface area contributed by atoms with E-state index in [0.717, 1.165) is 12.8 Å². The van der Waals surface area contributed by atoms with Crippen LogP contribution in [-0.4, -0.2) is 0 Å². The molecule has 0 heterocycles. The monoisotopic (exact) mass is 81.1 g/mol. The normalized spacial score (nSPS) is 10.3. The minimum Gasteiger partial charge on any atom is -0.0885 e. The number of rotatable bonds is 2. The van der Waals surface area contributed by atoms with E-state index in [0.29, 0.717) is 0 Å². The lowest BCUT2D eigenvalue weighted by Gasteiger charge is -1.75. The molecular weight excluding hydrogens is 72.1 g/mol. The van der Waals surface area contributed by atoms with Crippen molar-refractivity contribution < 1.29 is 0 Å². The van der Waals surface area contributed by atoms with Crippen molar-refractivity contribution in [1.29, 1.82) is 0 Å². The van der Waals surface area contributed by atoms with Crippen molar-refractivity contribution in [1.82, 2.24) is 0 Å². The molecule has 0 aliphatic carbocycles. The smallest absolute Gasteiger partial charge is 0.0316 e. The van der Waals surface area contributed by atoms with Gasteiger partial charge in [-0.2, -0.15) is 0 Å². The van der Waals surface area contributed by atoms with Gasteiger partial charge in [0.25, 0.3) is 0 Å². The molecular formula is C6H9. The highest BCUT2D eigenvalue weighted by atomic mass is 13.7. The zero-order chi connectivity index (χ0) is 4.83. The van der Waals surface area contributed by atoms with Crippen molar-refractivity contribution in [2.75, 3.05) is 0 Å². The molecule has 0 rings (SSSR count). The fraction of sp³-hybridized carbons (Fsp3) is 0.333. The molecule has 0 saturated heterocycles. The largest absolute Gasteiger partial charge is 0.0885 e. The van der Waals surface area contributed by atoms with Gasteiger partial charge in [-0.05, 0) is 26.7 Å². The average molecular weight is 81.1 g/mol. The van der Waals surface area contributed by atoms with Gasteiger partial charge in [-0.3, -0.25) is 0 Å². The highest BCUT2D eigenvalue weighted by Gasteiger charge is 1.65. The lowest BCUT2D eigenvalue weighted by molar-refractivity contribution is 1.05. The van der Waals surface area contributed by atoms with Gasteiger partial charge in [-0.15, -0.1) is 0 Å². The third-order valence-electron chi connectivity index (χ3n) is 0.500. The molecule has 0 heteroatoms. The topological polar surface area (TPSA) is 0 Å². The Bertz CT molecular complexity index is 35.3. The van der Waals surface area contributed by atoms with Crippen molar-refractivity contribution in [3.63, 3.8) is 0 Å². The van der Waals surface area contributed by atoms with Crippen LogP contribution in [0.2, 0.25) is 0 Å². The van der Waals surface area contributed by atoms with Crippen LogP contribution < -0.4 is 0 Å². The SMILES string of the molecule is [CH]CC/C=C/[CH2]. The molecule has 0 aromatic heterocycles. The van der Waals surface area contributed by atoms with Crippen molar-refractivity contribution in [2.45, 2.75) is 12.8 Å². The lowest BCUT2D eigenvalue weighted by Crippen LogP contribution is -1.56. The molecule has 0 aromatic rings. The summed E-state index contributed by atoms with van der Waals surface area (Å²) in [5.74, 6) is 0. The quantitative estimate of drug-likeness (QED) is 0.476. The van der Waals surface area contributed by atoms with Gasteiger partial charge < -0.3 is 0 Å². The fourth-order valence-corrected chi connectivity index (χ4v) is 0.214. The molecule has 0 aliphatic rings. The number of allylic oxidation sites excluding steroid dienone is 2. The third kappa shape index (κ3) is 3.74. The standard InChI is InChI=1S/C6H9/c1-3-5-6-4-2/h1,4,6H,2-3,5H2/b6-4+. The van der Waals surface area contributed by atoms with Gasteiger partial charge in [0.2, 0.25) is 0 Å². The molecule has 0 bridgehead atoms.